The Hall–Kier alpha value is -1.59. The maximum atomic E-state index is 10.8. The molecule has 2 N–H and O–H groups in total. The van der Waals surface area contributed by atoms with E-state index < -0.39 is 5.97 Å². The number of nitrogens with one attached hydrogen (secondary N) is 1. The first-order valence-electron chi connectivity index (χ1n) is 5.72. The van der Waals surface area contributed by atoms with Crippen LogP contribution >= 0.6 is 11.3 Å². The summed E-state index contributed by atoms with van der Waals surface area (Å²) in [5.41, 5.74) is 0.664. The van der Waals surface area contributed by atoms with Crippen molar-refractivity contribution in [2.45, 2.75) is 19.9 Å². The minimum atomic E-state index is -1.02. The van der Waals surface area contributed by atoms with E-state index in [0.29, 0.717) is 17.9 Å². The molecule has 4 nitrogen and oxygen atoms in total. The van der Waals surface area contributed by atoms with E-state index >= 15 is 0 Å². The first kappa shape index (κ1) is 12.9. The summed E-state index contributed by atoms with van der Waals surface area (Å²) in [5.74, 6) is -0.321. The van der Waals surface area contributed by atoms with Crippen LogP contribution in [0.5, 0.6) is 0 Å². The van der Waals surface area contributed by atoms with Gasteiger partial charge in [-0.2, -0.15) is 0 Å². The standard InChI is InChI=1S/C13H15NO3S/c1-9-7-10(17-12(9)13(15)16)8-14-5-4-11-3-2-6-18-11/h2-3,6-7,14H,4-5,8H2,1H3,(H,15,16). The van der Waals surface area contributed by atoms with Crippen molar-refractivity contribution in [2.24, 2.45) is 0 Å². The van der Waals surface area contributed by atoms with E-state index in [1.807, 2.05) is 6.07 Å². The first-order chi connectivity index (χ1) is 8.66. The molecule has 0 amide bonds. The molecule has 5 heteroatoms. The van der Waals surface area contributed by atoms with Gasteiger partial charge in [0.05, 0.1) is 6.54 Å². The summed E-state index contributed by atoms with van der Waals surface area (Å²) < 4.78 is 5.25. The zero-order valence-electron chi connectivity index (χ0n) is 10.1. The van der Waals surface area contributed by atoms with Gasteiger partial charge in [0.25, 0.3) is 0 Å². The fourth-order valence-corrected chi connectivity index (χ4v) is 2.43. The predicted molar refractivity (Wildman–Crippen MR) is 70.1 cm³/mol. The van der Waals surface area contributed by atoms with E-state index in [1.165, 1.54) is 4.88 Å². The number of thiophene rings is 1. The Balaban J connectivity index is 1.80. The average Bonchev–Trinajstić information content (AvgIpc) is 2.94. The molecule has 0 spiro atoms. The van der Waals surface area contributed by atoms with E-state index in [-0.39, 0.29) is 5.76 Å². The van der Waals surface area contributed by atoms with Gasteiger partial charge in [-0.25, -0.2) is 4.79 Å². The second-order valence-corrected chi connectivity index (χ2v) is 5.07. The smallest absolute Gasteiger partial charge is 0.372 e. The number of hydrogen-bond acceptors (Lipinski definition) is 4. The Morgan fingerprint density at radius 3 is 3.00 bits per heavy atom. The molecule has 2 rings (SSSR count). The Bertz CT molecular complexity index is 516. The summed E-state index contributed by atoms with van der Waals surface area (Å²) in [6, 6.07) is 5.91. The topological polar surface area (TPSA) is 62.5 Å². The van der Waals surface area contributed by atoms with Gasteiger partial charge >= 0.3 is 5.97 Å². The quantitative estimate of drug-likeness (QED) is 0.788. The minimum Gasteiger partial charge on any atom is -0.475 e. The van der Waals surface area contributed by atoms with Crippen LogP contribution in [-0.2, 0) is 13.0 Å². The van der Waals surface area contributed by atoms with E-state index in [9.17, 15) is 4.79 Å². The highest BCUT2D eigenvalue weighted by Crippen LogP contribution is 2.14. The Morgan fingerprint density at radius 2 is 2.39 bits per heavy atom. The number of carboxylic acids is 1. The molecule has 0 saturated carbocycles. The third-order valence-electron chi connectivity index (χ3n) is 2.59. The Labute approximate surface area is 109 Å². The van der Waals surface area contributed by atoms with Crippen LogP contribution in [0.1, 0.15) is 26.8 Å². The molecule has 0 atom stereocenters. The van der Waals surface area contributed by atoms with Crippen LogP contribution in [0.15, 0.2) is 28.0 Å². The maximum Gasteiger partial charge on any atom is 0.372 e. The number of furan rings is 1. The zero-order valence-corrected chi connectivity index (χ0v) is 10.9. The SMILES string of the molecule is Cc1cc(CNCCc2cccs2)oc1C(=O)O. The summed E-state index contributed by atoms with van der Waals surface area (Å²) in [6.45, 7) is 3.14. The van der Waals surface area contributed by atoms with Crippen LogP contribution in [0.3, 0.4) is 0 Å². The molecule has 0 fully saturated rings. The first-order valence-corrected chi connectivity index (χ1v) is 6.60. The number of hydrogen-bond donors (Lipinski definition) is 2. The molecule has 0 radical (unpaired) electrons. The summed E-state index contributed by atoms with van der Waals surface area (Å²) in [4.78, 5) is 12.1. The highest BCUT2D eigenvalue weighted by atomic mass is 32.1. The van der Waals surface area contributed by atoms with Crippen LogP contribution in [0.4, 0.5) is 0 Å². The second-order valence-electron chi connectivity index (χ2n) is 4.04. The summed E-state index contributed by atoms with van der Waals surface area (Å²) in [5, 5.41) is 14.2. The summed E-state index contributed by atoms with van der Waals surface area (Å²) in [6.07, 6.45) is 0.975. The van der Waals surface area contributed by atoms with Gasteiger partial charge in [0.2, 0.25) is 5.76 Å². The van der Waals surface area contributed by atoms with Crippen LogP contribution < -0.4 is 5.32 Å². The van der Waals surface area contributed by atoms with Crippen molar-refractivity contribution in [3.05, 3.63) is 45.5 Å². The van der Waals surface area contributed by atoms with E-state index in [0.717, 1.165) is 13.0 Å². The number of aryl methyl sites for hydroxylation is 1. The fourth-order valence-electron chi connectivity index (χ4n) is 1.73. The molecular weight excluding hydrogens is 250 g/mol. The number of carbonyl (C=O) groups is 1. The van der Waals surface area contributed by atoms with Crippen molar-refractivity contribution >= 4 is 17.3 Å². The molecule has 2 aromatic rings. The fraction of sp³-hybridized carbons (Fsp3) is 0.308. The van der Waals surface area contributed by atoms with Gasteiger partial charge in [0.15, 0.2) is 0 Å². The normalized spacial score (nSPS) is 10.7. The maximum absolute atomic E-state index is 10.8. The Morgan fingerprint density at radius 1 is 1.56 bits per heavy atom. The predicted octanol–water partition coefficient (Wildman–Crippen LogP) is 2.68. The molecule has 18 heavy (non-hydrogen) atoms. The molecule has 96 valence electrons. The van der Waals surface area contributed by atoms with Crippen LogP contribution in [-0.4, -0.2) is 17.6 Å². The highest BCUT2D eigenvalue weighted by molar-refractivity contribution is 7.09. The van der Waals surface area contributed by atoms with Crippen molar-refractivity contribution < 1.29 is 14.3 Å². The summed E-state index contributed by atoms with van der Waals surface area (Å²) in [7, 11) is 0. The van der Waals surface area contributed by atoms with Gasteiger partial charge in [-0.15, -0.1) is 11.3 Å². The highest BCUT2D eigenvalue weighted by Gasteiger charge is 2.13. The third kappa shape index (κ3) is 3.21. The molecule has 0 aliphatic heterocycles. The molecule has 2 heterocycles. The van der Waals surface area contributed by atoms with Crippen molar-refractivity contribution in [3.63, 3.8) is 0 Å². The summed E-state index contributed by atoms with van der Waals surface area (Å²) >= 11 is 1.74. The molecule has 0 aliphatic rings. The van der Waals surface area contributed by atoms with Gasteiger partial charge in [-0.05, 0) is 30.9 Å². The van der Waals surface area contributed by atoms with Gasteiger partial charge in [-0.3, -0.25) is 0 Å². The molecule has 2 aromatic heterocycles. The lowest BCUT2D eigenvalue weighted by molar-refractivity contribution is 0.0659. The van der Waals surface area contributed by atoms with Crippen molar-refractivity contribution in [2.75, 3.05) is 6.54 Å². The molecule has 0 saturated heterocycles. The van der Waals surface area contributed by atoms with Gasteiger partial charge in [0, 0.05) is 17.0 Å². The van der Waals surface area contributed by atoms with Gasteiger partial charge in [-0.1, -0.05) is 6.07 Å². The molecule has 0 unspecified atom stereocenters. The van der Waals surface area contributed by atoms with Crippen LogP contribution in [0.2, 0.25) is 0 Å². The lowest BCUT2D eigenvalue weighted by Crippen LogP contribution is -2.15. The number of carboxylic acid groups (broad SMARTS) is 1. The molecular formula is C13H15NO3S. The van der Waals surface area contributed by atoms with E-state index in [4.69, 9.17) is 9.52 Å². The monoisotopic (exact) mass is 265 g/mol. The van der Waals surface area contributed by atoms with Crippen molar-refractivity contribution in [3.8, 4) is 0 Å². The molecule has 0 aromatic carbocycles. The van der Waals surface area contributed by atoms with Gasteiger partial charge < -0.3 is 14.8 Å². The van der Waals surface area contributed by atoms with Crippen LogP contribution in [0, 0.1) is 6.92 Å². The molecule has 0 bridgehead atoms. The van der Waals surface area contributed by atoms with E-state index in [1.54, 1.807) is 24.3 Å². The van der Waals surface area contributed by atoms with Crippen molar-refractivity contribution in [1.82, 2.24) is 5.32 Å². The average molecular weight is 265 g/mol. The number of rotatable bonds is 6. The van der Waals surface area contributed by atoms with Gasteiger partial charge in [0.1, 0.15) is 5.76 Å². The van der Waals surface area contributed by atoms with E-state index in [2.05, 4.69) is 16.8 Å². The van der Waals surface area contributed by atoms with Crippen molar-refractivity contribution in [1.29, 1.82) is 0 Å². The largest absolute Gasteiger partial charge is 0.475 e. The number of aromatic carboxylic acids is 1. The zero-order chi connectivity index (χ0) is 13.0. The van der Waals surface area contributed by atoms with Crippen LogP contribution in [0.25, 0.3) is 0 Å². The minimum absolute atomic E-state index is 0.0325. The lowest BCUT2D eigenvalue weighted by Gasteiger charge is -2.00. The second kappa shape index (κ2) is 5.84. The lowest BCUT2D eigenvalue weighted by atomic mass is 10.2. The molecule has 0 aliphatic carbocycles. The Kier molecular flexibility index (Phi) is 4.17. The third-order valence-corrected chi connectivity index (χ3v) is 3.53.